The van der Waals surface area contributed by atoms with E-state index in [0.29, 0.717) is 28.7 Å². The van der Waals surface area contributed by atoms with E-state index in [4.69, 9.17) is 0 Å². The number of halogens is 1. The molecule has 0 spiro atoms. The van der Waals surface area contributed by atoms with Crippen LogP contribution in [0.1, 0.15) is 38.8 Å². The van der Waals surface area contributed by atoms with Gasteiger partial charge < -0.3 is 5.32 Å². The van der Waals surface area contributed by atoms with Gasteiger partial charge in [-0.2, -0.15) is 0 Å². The number of rotatable bonds is 8. The number of nitrogens with one attached hydrogen (secondary N) is 1. The van der Waals surface area contributed by atoms with Gasteiger partial charge in [-0.1, -0.05) is 54.6 Å². The molecule has 4 rings (SSSR count). The van der Waals surface area contributed by atoms with E-state index in [0.717, 1.165) is 0 Å². The van der Waals surface area contributed by atoms with Crippen LogP contribution in [0.2, 0.25) is 0 Å². The molecule has 0 radical (unpaired) electrons. The van der Waals surface area contributed by atoms with Crippen LogP contribution in [-0.4, -0.2) is 32.3 Å². The van der Waals surface area contributed by atoms with Crippen LogP contribution in [0.4, 0.5) is 10.1 Å². The van der Waals surface area contributed by atoms with Crippen molar-refractivity contribution in [2.24, 2.45) is 0 Å². The molecule has 1 aromatic heterocycles. The molecule has 0 aliphatic heterocycles. The van der Waals surface area contributed by atoms with Gasteiger partial charge >= 0.3 is 0 Å². The number of benzene rings is 3. The fraction of sp³-hybridized carbons (Fsp3) is 0.259. The van der Waals surface area contributed by atoms with E-state index in [1.54, 1.807) is 24.3 Å². The van der Waals surface area contributed by atoms with E-state index in [1.165, 1.54) is 33.8 Å². The molecule has 2 amide bonds. The van der Waals surface area contributed by atoms with Gasteiger partial charge in [0.15, 0.2) is 0 Å². The average molecular weight is 474 g/mol. The van der Waals surface area contributed by atoms with Gasteiger partial charge in [-0.15, -0.1) is 5.10 Å². The smallest absolute Gasteiger partial charge is 0.249 e. The highest BCUT2D eigenvalue weighted by atomic mass is 19.1. The molecule has 4 aromatic rings. The monoisotopic (exact) mass is 473 g/mol. The zero-order chi connectivity index (χ0) is 25.0. The first kappa shape index (κ1) is 24.1. The van der Waals surface area contributed by atoms with Crippen LogP contribution in [0.3, 0.4) is 0 Å². The predicted molar refractivity (Wildman–Crippen MR) is 133 cm³/mol. The maximum Gasteiger partial charge on any atom is 0.249 e. The van der Waals surface area contributed by atoms with Crippen LogP contribution in [0.5, 0.6) is 0 Å². The van der Waals surface area contributed by atoms with Crippen molar-refractivity contribution in [2.75, 3.05) is 4.90 Å². The van der Waals surface area contributed by atoms with E-state index in [2.05, 4.69) is 15.6 Å². The highest BCUT2D eigenvalue weighted by Gasteiger charge is 2.35. The van der Waals surface area contributed by atoms with Crippen molar-refractivity contribution in [1.29, 1.82) is 0 Å². The number of amides is 2. The first-order valence-corrected chi connectivity index (χ1v) is 11.5. The summed E-state index contributed by atoms with van der Waals surface area (Å²) in [5.41, 5.74) is 1.92. The molecule has 0 saturated carbocycles. The highest BCUT2D eigenvalue weighted by molar-refractivity contribution is 6.01. The maximum atomic E-state index is 13.9. The molecule has 35 heavy (non-hydrogen) atoms. The van der Waals surface area contributed by atoms with Crippen molar-refractivity contribution in [3.8, 4) is 0 Å². The third kappa shape index (κ3) is 5.37. The summed E-state index contributed by atoms with van der Waals surface area (Å²) >= 11 is 0. The molecule has 1 N–H and O–H groups in total. The van der Waals surface area contributed by atoms with Gasteiger partial charge in [0, 0.05) is 11.2 Å². The Morgan fingerprint density at radius 3 is 2.34 bits per heavy atom. The lowest BCUT2D eigenvalue weighted by atomic mass is 9.98. The standard InChI is InChI=1S/C27H28FN5O2/c1-4-27(2,3)29-26(35)25(19-14-16-20(28)17-15-19)33(21-10-6-5-7-11-21)24(34)18-32-23-13-9-8-12-22(23)30-31-32/h5-17,25H,4,18H2,1-3H3,(H,29,35)/t25-/m1/s1. The number of nitrogens with zero attached hydrogens (tertiary/aromatic N) is 4. The number of fused-ring (bicyclic) bond motifs is 1. The molecule has 0 bridgehead atoms. The topological polar surface area (TPSA) is 80.1 Å². The van der Waals surface area contributed by atoms with E-state index in [1.807, 2.05) is 51.1 Å². The minimum Gasteiger partial charge on any atom is -0.349 e. The lowest BCUT2D eigenvalue weighted by Crippen LogP contribution is -2.51. The predicted octanol–water partition coefficient (Wildman–Crippen LogP) is 4.65. The first-order valence-electron chi connectivity index (χ1n) is 11.5. The van der Waals surface area contributed by atoms with Gasteiger partial charge in [0.1, 0.15) is 23.9 Å². The zero-order valence-electron chi connectivity index (χ0n) is 20.0. The second kappa shape index (κ2) is 10.0. The normalized spacial score (nSPS) is 12.3. The molecule has 1 atom stereocenters. The van der Waals surface area contributed by atoms with Crippen LogP contribution in [0, 0.1) is 5.82 Å². The Bertz CT molecular complexity index is 1320. The minimum absolute atomic E-state index is 0.127. The van der Waals surface area contributed by atoms with Crippen molar-refractivity contribution in [1.82, 2.24) is 20.3 Å². The Hall–Kier alpha value is -4.07. The lowest BCUT2D eigenvalue weighted by molar-refractivity contribution is -0.128. The summed E-state index contributed by atoms with van der Waals surface area (Å²) in [5.74, 6) is -1.14. The number of carbonyl (C=O) groups excluding carboxylic acids is 2. The molecule has 7 nitrogen and oxygen atoms in total. The Kier molecular flexibility index (Phi) is 6.91. The third-order valence-corrected chi connectivity index (χ3v) is 6.05. The molecule has 180 valence electrons. The maximum absolute atomic E-state index is 13.9. The fourth-order valence-corrected chi connectivity index (χ4v) is 3.82. The number of carbonyl (C=O) groups is 2. The first-order chi connectivity index (χ1) is 16.8. The van der Waals surface area contributed by atoms with E-state index >= 15 is 0 Å². The summed E-state index contributed by atoms with van der Waals surface area (Å²) in [6.45, 7) is 5.69. The largest absolute Gasteiger partial charge is 0.349 e. The Morgan fingerprint density at radius 2 is 1.66 bits per heavy atom. The molecule has 0 aliphatic carbocycles. The Morgan fingerprint density at radius 1 is 1.00 bits per heavy atom. The highest BCUT2D eigenvalue weighted by Crippen LogP contribution is 2.29. The average Bonchev–Trinajstić information content (AvgIpc) is 3.26. The zero-order valence-corrected chi connectivity index (χ0v) is 20.0. The summed E-state index contributed by atoms with van der Waals surface area (Å²) in [6, 6.07) is 21.0. The van der Waals surface area contributed by atoms with Gasteiger partial charge in [-0.25, -0.2) is 9.07 Å². The van der Waals surface area contributed by atoms with Crippen LogP contribution >= 0.6 is 0 Å². The molecule has 0 saturated heterocycles. The molecule has 3 aromatic carbocycles. The lowest BCUT2D eigenvalue weighted by Gasteiger charge is -2.34. The van der Waals surface area contributed by atoms with Gasteiger partial charge in [-0.3, -0.25) is 14.5 Å². The SMILES string of the molecule is CCC(C)(C)NC(=O)[C@@H](c1ccc(F)cc1)N(C(=O)Cn1nnc2ccccc21)c1ccccc1. The number of para-hydroxylation sites is 2. The van der Waals surface area contributed by atoms with Crippen LogP contribution in [0.15, 0.2) is 78.9 Å². The third-order valence-electron chi connectivity index (χ3n) is 6.05. The molecular weight excluding hydrogens is 445 g/mol. The molecule has 0 unspecified atom stereocenters. The minimum atomic E-state index is -1.02. The van der Waals surface area contributed by atoms with Gasteiger partial charge in [0.25, 0.3) is 0 Å². The van der Waals surface area contributed by atoms with Crippen LogP contribution in [-0.2, 0) is 16.1 Å². The fourth-order valence-electron chi connectivity index (χ4n) is 3.82. The molecular formula is C27H28FN5O2. The summed E-state index contributed by atoms with van der Waals surface area (Å²) in [6.07, 6.45) is 0.694. The van der Waals surface area contributed by atoms with Crippen LogP contribution in [0.25, 0.3) is 11.0 Å². The van der Waals surface area contributed by atoms with Gasteiger partial charge in [0.2, 0.25) is 11.8 Å². The van der Waals surface area contributed by atoms with Gasteiger partial charge in [0.05, 0.1) is 5.52 Å². The van der Waals surface area contributed by atoms with Crippen molar-refractivity contribution in [2.45, 2.75) is 45.3 Å². The Balaban J connectivity index is 1.79. The summed E-state index contributed by atoms with van der Waals surface area (Å²) in [4.78, 5) is 29.0. The van der Waals surface area contributed by atoms with Crippen molar-refractivity contribution >= 4 is 28.5 Å². The number of hydrogen-bond acceptors (Lipinski definition) is 4. The van der Waals surface area contributed by atoms with E-state index in [-0.39, 0.29) is 18.4 Å². The molecule has 0 aliphatic rings. The second-order valence-electron chi connectivity index (χ2n) is 9.02. The van der Waals surface area contributed by atoms with Gasteiger partial charge in [-0.05, 0) is 62.2 Å². The van der Waals surface area contributed by atoms with Crippen molar-refractivity contribution < 1.29 is 14.0 Å². The van der Waals surface area contributed by atoms with E-state index < -0.39 is 17.4 Å². The van der Waals surface area contributed by atoms with E-state index in [9.17, 15) is 14.0 Å². The van der Waals surface area contributed by atoms with Crippen molar-refractivity contribution in [3.05, 3.63) is 90.2 Å². The number of hydrogen-bond donors (Lipinski definition) is 1. The van der Waals surface area contributed by atoms with Crippen molar-refractivity contribution in [3.63, 3.8) is 0 Å². The molecule has 8 heteroatoms. The molecule has 1 heterocycles. The number of aromatic nitrogens is 3. The van der Waals surface area contributed by atoms with Crippen LogP contribution < -0.4 is 10.2 Å². The second-order valence-corrected chi connectivity index (χ2v) is 9.02. The summed E-state index contributed by atoms with van der Waals surface area (Å²) in [5, 5.41) is 11.3. The number of anilines is 1. The summed E-state index contributed by atoms with van der Waals surface area (Å²) < 4.78 is 15.3. The summed E-state index contributed by atoms with van der Waals surface area (Å²) in [7, 11) is 0. The molecule has 0 fully saturated rings. The Labute approximate surface area is 203 Å². The quantitative estimate of drug-likeness (QED) is 0.404.